The highest BCUT2D eigenvalue weighted by Gasteiger charge is 2.32. The molecule has 0 spiro atoms. The van der Waals surface area contributed by atoms with Crippen LogP contribution >= 0.6 is 11.3 Å². The Bertz CT molecular complexity index is 888. The molecule has 2 aromatic heterocycles. The van der Waals surface area contributed by atoms with Crippen LogP contribution in [0.25, 0.3) is 4.96 Å². The summed E-state index contributed by atoms with van der Waals surface area (Å²) in [7, 11) is 0. The Morgan fingerprint density at radius 3 is 2.76 bits per heavy atom. The summed E-state index contributed by atoms with van der Waals surface area (Å²) in [6.45, 7) is 4.49. The summed E-state index contributed by atoms with van der Waals surface area (Å²) in [5.74, 6) is 0.431. The Morgan fingerprint density at radius 2 is 2.08 bits per heavy atom. The van der Waals surface area contributed by atoms with Crippen molar-refractivity contribution in [3.8, 4) is 5.88 Å². The molecule has 4 rings (SSSR count). The van der Waals surface area contributed by atoms with Gasteiger partial charge in [0.2, 0.25) is 10.8 Å². The van der Waals surface area contributed by atoms with Crippen molar-refractivity contribution in [2.45, 2.75) is 19.4 Å². The largest absolute Gasteiger partial charge is 0.492 e. The molecule has 25 heavy (non-hydrogen) atoms. The Kier molecular flexibility index (Phi) is 4.41. The number of aromatic hydroxyl groups is 1. The van der Waals surface area contributed by atoms with Crippen molar-refractivity contribution >= 4 is 16.3 Å². The average molecular weight is 362 g/mol. The van der Waals surface area contributed by atoms with Gasteiger partial charge < -0.3 is 9.84 Å². The highest BCUT2D eigenvalue weighted by Crippen LogP contribution is 2.40. The minimum Gasteiger partial charge on any atom is -0.492 e. The van der Waals surface area contributed by atoms with Crippen LogP contribution in [0.2, 0.25) is 0 Å². The molecule has 3 aromatic rings. The number of halogens is 1. The van der Waals surface area contributed by atoms with Gasteiger partial charge in [-0.3, -0.25) is 4.90 Å². The molecule has 1 saturated heterocycles. The summed E-state index contributed by atoms with van der Waals surface area (Å²) in [6.07, 6.45) is 0.698. The van der Waals surface area contributed by atoms with Gasteiger partial charge in [0.25, 0.3) is 0 Å². The van der Waals surface area contributed by atoms with Crippen molar-refractivity contribution in [3.63, 3.8) is 0 Å². The first-order valence-corrected chi connectivity index (χ1v) is 9.14. The molecule has 3 heterocycles. The minimum absolute atomic E-state index is 0.0342. The van der Waals surface area contributed by atoms with Crippen molar-refractivity contribution in [1.29, 1.82) is 0 Å². The number of morpholine rings is 1. The maximum Gasteiger partial charge on any atom is 0.230 e. The number of benzene rings is 1. The fraction of sp³-hybridized carbons (Fsp3) is 0.412. The standard InChI is InChI=1S/C17H19FN4O2S/c1-2-13-19-17-22(20-13)16(23)15(25-17)14(21-7-9-24-10-8-21)11-5-3-4-6-12(11)18/h3-6,14,23H,2,7-10H2,1H3/t14-/m1/s1. The van der Waals surface area contributed by atoms with Crippen LogP contribution in [0.15, 0.2) is 24.3 Å². The van der Waals surface area contributed by atoms with E-state index in [1.54, 1.807) is 12.1 Å². The molecule has 1 aromatic carbocycles. The first kappa shape index (κ1) is 16.4. The second-order valence-corrected chi connectivity index (χ2v) is 6.95. The molecule has 1 N–H and O–H groups in total. The third-order valence-corrected chi connectivity index (χ3v) is 5.49. The summed E-state index contributed by atoms with van der Waals surface area (Å²) >= 11 is 1.36. The second kappa shape index (κ2) is 6.70. The number of thiazole rings is 1. The zero-order chi connectivity index (χ0) is 17.4. The summed E-state index contributed by atoms with van der Waals surface area (Å²) in [6, 6.07) is 6.32. The topological polar surface area (TPSA) is 62.9 Å². The van der Waals surface area contributed by atoms with E-state index in [-0.39, 0.29) is 17.7 Å². The molecule has 0 amide bonds. The van der Waals surface area contributed by atoms with Gasteiger partial charge in [-0.15, -0.1) is 5.10 Å². The molecule has 1 fully saturated rings. The lowest BCUT2D eigenvalue weighted by atomic mass is 10.0. The predicted molar refractivity (Wildman–Crippen MR) is 92.5 cm³/mol. The molecule has 1 aliphatic heterocycles. The molecular formula is C17H19FN4O2S. The molecule has 6 nitrogen and oxygen atoms in total. The van der Waals surface area contributed by atoms with Crippen LogP contribution in [-0.2, 0) is 11.2 Å². The number of nitrogens with zero attached hydrogens (tertiary/aromatic N) is 4. The van der Waals surface area contributed by atoms with Gasteiger partial charge in [-0.05, 0) is 6.07 Å². The first-order valence-electron chi connectivity index (χ1n) is 8.32. The predicted octanol–water partition coefficient (Wildman–Crippen LogP) is 2.62. The number of aryl methyl sites for hydroxylation is 1. The van der Waals surface area contributed by atoms with Crippen molar-refractivity contribution < 1.29 is 14.2 Å². The van der Waals surface area contributed by atoms with E-state index >= 15 is 0 Å². The third kappa shape index (κ3) is 2.90. The average Bonchev–Trinajstić information content (AvgIpc) is 3.18. The molecule has 8 heteroatoms. The monoisotopic (exact) mass is 362 g/mol. The number of fused-ring (bicyclic) bond motifs is 1. The van der Waals surface area contributed by atoms with Gasteiger partial charge in [-0.25, -0.2) is 9.37 Å². The maximum atomic E-state index is 14.5. The van der Waals surface area contributed by atoms with E-state index in [1.807, 2.05) is 13.0 Å². The van der Waals surface area contributed by atoms with Gasteiger partial charge in [0.15, 0.2) is 5.82 Å². The Hall–Kier alpha value is -2.03. The minimum atomic E-state index is -0.385. The van der Waals surface area contributed by atoms with Crippen LogP contribution < -0.4 is 0 Å². The van der Waals surface area contributed by atoms with Crippen molar-refractivity contribution in [2.75, 3.05) is 26.3 Å². The SMILES string of the molecule is CCc1nc2sc([C@@H](c3ccccc3F)N3CCOCC3)c(O)n2n1. The van der Waals surface area contributed by atoms with Crippen molar-refractivity contribution in [1.82, 2.24) is 19.5 Å². The van der Waals surface area contributed by atoms with Crippen LogP contribution in [0.3, 0.4) is 0 Å². The summed E-state index contributed by atoms with van der Waals surface area (Å²) in [4.78, 5) is 7.84. The Balaban J connectivity index is 1.84. The van der Waals surface area contributed by atoms with E-state index in [1.165, 1.54) is 21.9 Å². The Labute approximate surface area is 148 Å². The van der Waals surface area contributed by atoms with Gasteiger partial charge in [0, 0.05) is 25.1 Å². The summed E-state index contributed by atoms with van der Waals surface area (Å²) < 4.78 is 21.4. The summed E-state index contributed by atoms with van der Waals surface area (Å²) in [5, 5.41) is 15.1. The van der Waals surface area contributed by atoms with E-state index in [0.29, 0.717) is 53.9 Å². The molecule has 0 bridgehead atoms. The highest BCUT2D eigenvalue weighted by molar-refractivity contribution is 7.17. The van der Waals surface area contributed by atoms with Crippen molar-refractivity contribution in [3.05, 3.63) is 46.3 Å². The normalized spacial score (nSPS) is 17.2. The van der Waals surface area contributed by atoms with Gasteiger partial charge in [0.05, 0.1) is 24.1 Å². The number of aromatic nitrogens is 3. The van der Waals surface area contributed by atoms with Gasteiger partial charge in [-0.2, -0.15) is 4.52 Å². The number of ether oxygens (including phenoxy) is 1. The lowest BCUT2D eigenvalue weighted by Crippen LogP contribution is -2.39. The lowest BCUT2D eigenvalue weighted by molar-refractivity contribution is 0.0235. The van der Waals surface area contributed by atoms with E-state index < -0.39 is 0 Å². The molecule has 0 radical (unpaired) electrons. The molecule has 0 unspecified atom stereocenters. The quantitative estimate of drug-likeness (QED) is 0.773. The van der Waals surface area contributed by atoms with E-state index in [2.05, 4.69) is 15.0 Å². The first-order chi connectivity index (χ1) is 12.2. The summed E-state index contributed by atoms with van der Waals surface area (Å²) in [5.41, 5.74) is 0.542. The molecular weight excluding hydrogens is 343 g/mol. The lowest BCUT2D eigenvalue weighted by Gasteiger charge is -2.34. The third-order valence-electron chi connectivity index (χ3n) is 4.42. The second-order valence-electron chi connectivity index (χ2n) is 5.94. The molecule has 1 atom stereocenters. The number of hydrogen-bond acceptors (Lipinski definition) is 6. The zero-order valence-corrected chi connectivity index (χ0v) is 14.7. The molecule has 132 valence electrons. The van der Waals surface area contributed by atoms with Crippen molar-refractivity contribution in [2.24, 2.45) is 0 Å². The van der Waals surface area contributed by atoms with Crippen LogP contribution in [0.5, 0.6) is 5.88 Å². The highest BCUT2D eigenvalue weighted by atomic mass is 32.1. The van der Waals surface area contributed by atoms with E-state index in [4.69, 9.17) is 4.74 Å². The smallest absolute Gasteiger partial charge is 0.230 e. The van der Waals surface area contributed by atoms with Crippen LogP contribution in [0.4, 0.5) is 4.39 Å². The number of rotatable bonds is 4. The zero-order valence-electron chi connectivity index (χ0n) is 13.9. The fourth-order valence-corrected chi connectivity index (χ4v) is 4.28. The fourth-order valence-electron chi connectivity index (χ4n) is 3.15. The molecule has 0 aliphatic carbocycles. The van der Waals surface area contributed by atoms with Crippen LogP contribution in [-0.4, -0.2) is 50.9 Å². The maximum absolute atomic E-state index is 14.5. The van der Waals surface area contributed by atoms with E-state index in [9.17, 15) is 9.50 Å². The molecule has 0 saturated carbocycles. The van der Waals surface area contributed by atoms with Crippen LogP contribution in [0, 0.1) is 5.82 Å². The Morgan fingerprint density at radius 1 is 1.32 bits per heavy atom. The molecule has 1 aliphatic rings. The number of hydrogen-bond donors (Lipinski definition) is 1. The van der Waals surface area contributed by atoms with Crippen LogP contribution in [0.1, 0.15) is 29.2 Å². The van der Waals surface area contributed by atoms with Gasteiger partial charge >= 0.3 is 0 Å². The van der Waals surface area contributed by atoms with Gasteiger partial charge in [0.1, 0.15) is 5.82 Å². The van der Waals surface area contributed by atoms with E-state index in [0.717, 1.165) is 0 Å². The van der Waals surface area contributed by atoms with Gasteiger partial charge in [-0.1, -0.05) is 36.5 Å².